The molecule has 0 fully saturated rings. The van der Waals surface area contributed by atoms with E-state index in [9.17, 15) is 14.7 Å². The number of carboxylic acid groups (broad SMARTS) is 1. The number of carbonyl (C=O) groups is 2. The Morgan fingerprint density at radius 1 is 1.23 bits per heavy atom. The van der Waals surface area contributed by atoms with Gasteiger partial charge < -0.3 is 15.6 Å². The lowest BCUT2D eigenvalue weighted by molar-refractivity contribution is -0.397. The Hall–Kier alpha value is -0.900. The molecule has 76 valence electrons. The number of hydrogen-bond acceptors (Lipinski definition) is 3. The zero-order chi connectivity index (χ0) is 10.3. The highest BCUT2D eigenvalue weighted by atomic mass is 16.4. The molecule has 0 aromatic carbocycles. The third-order valence-corrected chi connectivity index (χ3v) is 1.85. The van der Waals surface area contributed by atoms with Crippen LogP contribution in [-0.4, -0.2) is 17.8 Å². The van der Waals surface area contributed by atoms with Crippen molar-refractivity contribution in [1.82, 2.24) is 0 Å². The van der Waals surface area contributed by atoms with Gasteiger partial charge in [0.1, 0.15) is 6.04 Å². The maximum absolute atomic E-state index is 11.0. The molecular formula is C9H17NO3. The molecule has 0 radical (unpaired) electrons. The number of quaternary nitrogens is 1. The first kappa shape index (κ1) is 12.1. The van der Waals surface area contributed by atoms with E-state index >= 15 is 0 Å². The minimum atomic E-state index is -1.02. The number of carbonyl (C=O) groups excluding carboxylic acids is 2. The zero-order valence-corrected chi connectivity index (χ0v) is 8.04. The Kier molecular flexibility index (Phi) is 6.14. The number of ketones is 1. The molecule has 0 amide bonds. The van der Waals surface area contributed by atoms with Crippen molar-refractivity contribution in [2.45, 2.75) is 45.1 Å². The van der Waals surface area contributed by atoms with Crippen LogP contribution >= 0.6 is 0 Å². The van der Waals surface area contributed by atoms with Gasteiger partial charge in [0.25, 0.3) is 0 Å². The predicted molar refractivity (Wildman–Crippen MR) is 45.4 cm³/mol. The van der Waals surface area contributed by atoms with Crippen LogP contribution in [0.1, 0.15) is 39.0 Å². The highest BCUT2D eigenvalue weighted by molar-refractivity contribution is 5.81. The normalized spacial score (nSPS) is 12.5. The second-order valence-corrected chi connectivity index (χ2v) is 3.30. The van der Waals surface area contributed by atoms with Gasteiger partial charge in [-0.05, 0) is 26.2 Å². The molecule has 3 N–H and O–H groups in total. The molecule has 0 saturated carbocycles. The lowest BCUT2D eigenvalue weighted by atomic mass is 10.1. The minimum Gasteiger partial charge on any atom is -0.550 e. The summed E-state index contributed by atoms with van der Waals surface area (Å²) in [5.41, 5.74) is 3.61. The predicted octanol–water partition coefficient (Wildman–Crippen LogP) is -1.11. The van der Waals surface area contributed by atoms with Crippen molar-refractivity contribution in [2.75, 3.05) is 0 Å². The van der Waals surface area contributed by atoms with Gasteiger partial charge in [0.2, 0.25) is 0 Å². The first-order valence-corrected chi connectivity index (χ1v) is 4.59. The number of rotatable bonds is 7. The van der Waals surface area contributed by atoms with Gasteiger partial charge in [-0.1, -0.05) is 6.42 Å². The van der Waals surface area contributed by atoms with Crippen LogP contribution < -0.4 is 10.8 Å². The van der Waals surface area contributed by atoms with Crippen molar-refractivity contribution >= 4 is 11.8 Å². The van der Waals surface area contributed by atoms with E-state index in [1.807, 2.05) is 0 Å². The molecule has 0 heterocycles. The molecule has 0 bridgehead atoms. The SMILES string of the molecule is CC([NH3+])C(=O)CCCCCC(=O)[O-]. The van der Waals surface area contributed by atoms with Gasteiger partial charge in [0, 0.05) is 12.4 Å². The van der Waals surface area contributed by atoms with Crippen LogP contribution in [0.15, 0.2) is 0 Å². The lowest BCUT2D eigenvalue weighted by Crippen LogP contribution is -2.63. The fourth-order valence-corrected chi connectivity index (χ4v) is 0.992. The first-order chi connectivity index (χ1) is 6.04. The van der Waals surface area contributed by atoms with Gasteiger partial charge in [-0.2, -0.15) is 0 Å². The number of unbranched alkanes of at least 4 members (excludes halogenated alkanes) is 2. The van der Waals surface area contributed by atoms with Crippen LogP contribution in [0, 0.1) is 0 Å². The van der Waals surface area contributed by atoms with Crippen molar-refractivity contribution in [3.63, 3.8) is 0 Å². The van der Waals surface area contributed by atoms with Gasteiger partial charge in [-0.15, -0.1) is 0 Å². The third kappa shape index (κ3) is 7.46. The van der Waals surface area contributed by atoms with Crippen molar-refractivity contribution in [1.29, 1.82) is 0 Å². The number of carboxylic acids is 1. The smallest absolute Gasteiger partial charge is 0.189 e. The molecule has 0 aromatic heterocycles. The molecular weight excluding hydrogens is 170 g/mol. The van der Waals surface area contributed by atoms with Crippen LogP contribution in [0.25, 0.3) is 0 Å². The van der Waals surface area contributed by atoms with Gasteiger partial charge in [-0.25, -0.2) is 0 Å². The van der Waals surface area contributed by atoms with Crippen molar-refractivity contribution in [3.05, 3.63) is 0 Å². The summed E-state index contributed by atoms with van der Waals surface area (Å²) in [6.45, 7) is 1.77. The zero-order valence-electron chi connectivity index (χ0n) is 8.04. The summed E-state index contributed by atoms with van der Waals surface area (Å²) in [6, 6.07) is -0.152. The van der Waals surface area contributed by atoms with Crippen LogP contribution in [0.2, 0.25) is 0 Å². The number of Topliss-reactive ketones (excluding diaryl/α,β-unsaturated/α-hetero) is 1. The number of aliphatic carboxylic acids is 1. The summed E-state index contributed by atoms with van der Waals surface area (Å²) in [6.07, 6.45) is 2.73. The van der Waals surface area contributed by atoms with Gasteiger partial charge >= 0.3 is 0 Å². The standard InChI is InChI=1S/C9H17NO3/c1-7(10)8(11)5-3-2-4-6-9(12)13/h7H,2-6,10H2,1H3,(H,12,13). The summed E-state index contributed by atoms with van der Waals surface area (Å²) in [5, 5.41) is 10.0. The van der Waals surface area contributed by atoms with E-state index in [-0.39, 0.29) is 18.2 Å². The summed E-state index contributed by atoms with van der Waals surface area (Å²) < 4.78 is 0. The van der Waals surface area contributed by atoms with Gasteiger partial charge in [-0.3, -0.25) is 4.79 Å². The van der Waals surface area contributed by atoms with E-state index in [0.29, 0.717) is 12.8 Å². The topological polar surface area (TPSA) is 84.8 Å². The highest BCUT2D eigenvalue weighted by Crippen LogP contribution is 2.03. The van der Waals surface area contributed by atoms with Crippen LogP contribution in [-0.2, 0) is 9.59 Å². The van der Waals surface area contributed by atoms with Crippen molar-refractivity contribution in [3.8, 4) is 0 Å². The maximum atomic E-state index is 11.0. The molecule has 1 atom stereocenters. The van der Waals surface area contributed by atoms with Gasteiger partial charge in [0.15, 0.2) is 5.78 Å². The fourth-order valence-electron chi connectivity index (χ4n) is 0.992. The number of hydrogen-bond donors (Lipinski definition) is 1. The Labute approximate surface area is 78.1 Å². The van der Waals surface area contributed by atoms with E-state index in [2.05, 4.69) is 5.73 Å². The Morgan fingerprint density at radius 2 is 1.77 bits per heavy atom. The van der Waals surface area contributed by atoms with Crippen LogP contribution in [0.3, 0.4) is 0 Å². The Bertz CT molecular complexity index is 178. The second-order valence-electron chi connectivity index (χ2n) is 3.30. The monoisotopic (exact) mass is 187 g/mol. The van der Waals surface area contributed by atoms with E-state index in [1.165, 1.54) is 0 Å². The molecule has 0 rings (SSSR count). The third-order valence-electron chi connectivity index (χ3n) is 1.85. The molecule has 4 heteroatoms. The van der Waals surface area contributed by atoms with Crippen molar-refractivity contribution in [2.24, 2.45) is 0 Å². The molecule has 1 unspecified atom stereocenters. The average Bonchev–Trinajstić information content (AvgIpc) is 2.02. The fraction of sp³-hybridized carbons (Fsp3) is 0.778. The summed E-state index contributed by atoms with van der Waals surface area (Å²) in [4.78, 5) is 21.1. The Morgan fingerprint density at radius 3 is 2.23 bits per heavy atom. The molecule has 13 heavy (non-hydrogen) atoms. The quantitative estimate of drug-likeness (QED) is 0.513. The second kappa shape index (κ2) is 6.60. The molecule has 0 saturated heterocycles. The highest BCUT2D eigenvalue weighted by Gasteiger charge is 2.09. The summed E-state index contributed by atoms with van der Waals surface area (Å²) >= 11 is 0. The summed E-state index contributed by atoms with van der Waals surface area (Å²) in [7, 11) is 0. The summed E-state index contributed by atoms with van der Waals surface area (Å²) in [5.74, 6) is -0.870. The molecule has 4 nitrogen and oxygen atoms in total. The molecule has 0 spiro atoms. The van der Waals surface area contributed by atoms with Crippen molar-refractivity contribution < 1.29 is 20.4 Å². The largest absolute Gasteiger partial charge is 0.550 e. The van der Waals surface area contributed by atoms with Crippen LogP contribution in [0.4, 0.5) is 0 Å². The molecule has 0 aliphatic carbocycles. The average molecular weight is 187 g/mol. The van der Waals surface area contributed by atoms with Crippen LogP contribution in [0.5, 0.6) is 0 Å². The first-order valence-electron chi connectivity index (χ1n) is 4.59. The molecule has 0 aliphatic heterocycles. The van der Waals surface area contributed by atoms with Gasteiger partial charge in [0.05, 0.1) is 0 Å². The van der Waals surface area contributed by atoms with E-state index in [1.54, 1.807) is 6.92 Å². The lowest BCUT2D eigenvalue weighted by Gasteiger charge is -2.02. The van der Waals surface area contributed by atoms with E-state index < -0.39 is 5.97 Å². The van der Waals surface area contributed by atoms with E-state index in [0.717, 1.165) is 12.8 Å². The molecule has 0 aromatic rings. The van der Waals surface area contributed by atoms with E-state index in [4.69, 9.17) is 0 Å². The molecule has 0 aliphatic rings. The Balaban J connectivity index is 3.26. The maximum Gasteiger partial charge on any atom is 0.189 e. The minimum absolute atomic E-state index is 0.0914.